The molecule has 0 amide bonds. The second kappa shape index (κ2) is 2.87. The number of nitrogens with zero attached hydrogens (tertiary/aromatic N) is 2. The van der Waals surface area contributed by atoms with Crippen LogP contribution in [0.1, 0.15) is 12.7 Å². The minimum absolute atomic E-state index is 1.03. The lowest BCUT2D eigenvalue weighted by molar-refractivity contribution is -0.652. The predicted molar refractivity (Wildman–Crippen MR) is 53.5 cm³/mol. The molecule has 2 heteroatoms. The highest BCUT2D eigenvalue weighted by atomic mass is 15.1. The van der Waals surface area contributed by atoms with E-state index in [1.807, 2.05) is 0 Å². The maximum absolute atomic E-state index is 2.33. The van der Waals surface area contributed by atoms with Gasteiger partial charge in [0.05, 0.1) is 13.6 Å². The Hall–Kier alpha value is -1.31. The second-order valence-corrected chi connectivity index (χ2v) is 3.34. The number of imidazole rings is 1. The minimum atomic E-state index is 1.03. The molecule has 0 radical (unpaired) electrons. The molecule has 1 aromatic heterocycles. The number of hydrogen-bond acceptors (Lipinski definition) is 0. The zero-order valence-electron chi connectivity index (χ0n) is 8.41. The molecular formula is C11H15N2+. The van der Waals surface area contributed by atoms with Gasteiger partial charge in [0.2, 0.25) is 0 Å². The fourth-order valence-corrected chi connectivity index (χ4v) is 1.90. The lowest BCUT2D eigenvalue weighted by Crippen LogP contribution is -2.30. The molecule has 0 fully saturated rings. The van der Waals surface area contributed by atoms with Gasteiger partial charge in [0.15, 0.2) is 11.0 Å². The number of aromatic nitrogens is 2. The first-order chi connectivity index (χ1) is 6.25. The van der Waals surface area contributed by atoms with Crippen LogP contribution in [0.15, 0.2) is 24.3 Å². The fraction of sp³-hybridized carbons (Fsp3) is 0.364. The zero-order valence-corrected chi connectivity index (χ0v) is 8.41. The van der Waals surface area contributed by atoms with E-state index in [2.05, 4.69) is 54.3 Å². The van der Waals surface area contributed by atoms with Crippen LogP contribution in [0.25, 0.3) is 11.0 Å². The fourth-order valence-electron chi connectivity index (χ4n) is 1.90. The number of hydrogen-bond donors (Lipinski definition) is 0. The molecule has 0 atom stereocenters. The Balaban J connectivity index is 2.90. The first-order valence-corrected chi connectivity index (χ1v) is 4.69. The highest BCUT2D eigenvalue weighted by Gasteiger charge is 2.15. The second-order valence-electron chi connectivity index (χ2n) is 3.34. The summed E-state index contributed by atoms with van der Waals surface area (Å²) >= 11 is 0. The number of para-hydroxylation sites is 2. The van der Waals surface area contributed by atoms with E-state index in [1.165, 1.54) is 16.9 Å². The average molecular weight is 175 g/mol. The van der Waals surface area contributed by atoms with Crippen LogP contribution in [0.2, 0.25) is 0 Å². The van der Waals surface area contributed by atoms with Gasteiger partial charge in [0.1, 0.15) is 0 Å². The van der Waals surface area contributed by atoms with Crippen molar-refractivity contribution in [1.29, 1.82) is 0 Å². The standard InChI is InChI=1S/C11H15N2/c1-4-13-9(2)12(3)10-7-5-6-8-11(10)13/h5-8H,4H2,1-3H3/q+1. The van der Waals surface area contributed by atoms with Gasteiger partial charge >= 0.3 is 0 Å². The maximum Gasteiger partial charge on any atom is 0.253 e. The number of rotatable bonds is 1. The van der Waals surface area contributed by atoms with Crippen molar-refractivity contribution < 1.29 is 4.57 Å². The van der Waals surface area contributed by atoms with Crippen molar-refractivity contribution in [2.45, 2.75) is 20.4 Å². The third kappa shape index (κ3) is 1.05. The van der Waals surface area contributed by atoms with E-state index in [9.17, 15) is 0 Å². The lowest BCUT2D eigenvalue weighted by atomic mass is 10.3. The average Bonchev–Trinajstić information content (AvgIpc) is 2.41. The van der Waals surface area contributed by atoms with E-state index < -0.39 is 0 Å². The van der Waals surface area contributed by atoms with Gasteiger partial charge in [-0.15, -0.1) is 0 Å². The monoisotopic (exact) mass is 175 g/mol. The highest BCUT2D eigenvalue weighted by Crippen LogP contribution is 2.12. The summed E-state index contributed by atoms with van der Waals surface area (Å²) in [5, 5.41) is 0. The molecule has 0 spiro atoms. The first kappa shape index (κ1) is 8.30. The van der Waals surface area contributed by atoms with Crippen LogP contribution in [0.4, 0.5) is 0 Å². The quantitative estimate of drug-likeness (QED) is 0.584. The Kier molecular flexibility index (Phi) is 1.83. The third-order valence-corrected chi connectivity index (χ3v) is 2.73. The van der Waals surface area contributed by atoms with Gasteiger partial charge in [-0.25, -0.2) is 9.13 Å². The maximum atomic E-state index is 2.33. The minimum Gasteiger partial charge on any atom is -0.230 e. The van der Waals surface area contributed by atoms with Crippen molar-refractivity contribution in [3.63, 3.8) is 0 Å². The molecule has 0 unspecified atom stereocenters. The normalized spacial score (nSPS) is 11.0. The van der Waals surface area contributed by atoms with Gasteiger partial charge < -0.3 is 0 Å². The van der Waals surface area contributed by atoms with Gasteiger partial charge in [-0.3, -0.25) is 0 Å². The van der Waals surface area contributed by atoms with E-state index in [0.29, 0.717) is 0 Å². The lowest BCUT2D eigenvalue weighted by Gasteiger charge is -1.92. The molecule has 2 aromatic rings. The Morgan fingerprint density at radius 2 is 2.00 bits per heavy atom. The molecule has 0 aliphatic carbocycles. The van der Waals surface area contributed by atoms with Gasteiger partial charge in [-0.2, -0.15) is 0 Å². The Labute approximate surface area is 78.4 Å². The van der Waals surface area contributed by atoms with Crippen LogP contribution in [-0.2, 0) is 13.6 Å². The molecular weight excluding hydrogens is 160 g/mol. The summed E-state index contributed by atoms with van der Waals surface area (Å²) in [6.07, 6.45) is 0. The van der Waals surface area contributed by atoms with Crippen LogP contribution >= 0.6 is 0 Å². The summed E-state index contributed by atoms with van der Waals surface area (Å²) in [4.78, 5) is 0. The van der Waals surface area contributed by atoms with Gasteiger partial charge in [-0.1, -0.05) is 12.1 Å². The number of fused-ring (bicyclic) bond motifs is 1. The van der Waals surface area contributed by atoms with Crippen molar-refractivity contribution in [1.82, 2.24) is 4.57 Å². The van der Waals surface area contributed by atoms with E-state index in [0.717, 1.165) is 6.54 Å². The molecule has 0 aliphatic rings. The van der Waals surface area contributed by atoms with Crippen molar-refractivity contribution in [3.8, 4) is 0 Å². The summed E-state index contributed by atoms with van der Waals surface area (Å²) in [5.41, 5.74) is 2.63. The molecule has 2 nitrogen and oxygen atoms in total. The van der Waals surface area contributed by atoms with Crippen molar-refractivity contribution in [3.05, 3.63) is 30.1 Å². The van der Waals surface area contributed by atoms with Gasteiger partial charge in [0, 0.05) is 6.92 Å². The molecule has 0 N–H and O–H groups in total. The van der Waals surface area contributed by atoms with Crippen LogP contribution < -0.4 is 4.57 Å². The van der Waals surface area contributed by atoms with E-state index in [-0.39, 0.29) is 0 Å². The molecule has 0 saturated carbocycles. The van der Waals surface area contributed by atoms with E-state index in [1.54, 1.807) is 0 Å². The SMILES string of the molecule is CCn1c(C)[n+](C)c2ccccc21. The summed E-state index contributed by atoms with van der Waals surface area (Å²) in [6.45, 7) is 5.37. The first-order valence-electron chi connectivity index (χ1n) is 4.69. The topological polar surface area (TPSA) is 8.81 Å². The van der Waals surface area contributed by atoms with Crippen molar-refractivity contribution in [2.24, 2.45) is 7.05 Å². The van der Waals surface area contributed by atoms with Crippen LogP contribution in [-0.4, -0.2) is 4.57 Å². The largest absolute Gasteiger partial charge is 0.253 e. The van der Waals surface area contributed by atoms with Crippen molar-refractivity contribution in [2.75, 3.05) is 0 Å². The van der Waals surface area contributed by atoms with Crippen molar-refractivity contribution >= 4 is 11.0 Å². The summed E-state index contributed by atoms with van der Waals surface area (Å²) in [7, 11) is 2.11. The molecule has 0 aliphatic heterocycles. The Morgan fingerprint density at radius 3 is 2.69 bits per heavy atom. The van der Waals surface area contributed by atoms with Crippen LogP contribution in [0.5, 0.6) is 0 Å². The Morgan fingerprint density at radius 1 is 1.31 bits per heavy atom. The van der Waals surface area contributed by atoms with Crippen LogP contribution in [0, 0.1) is 6.92 Å². The molecule has 0 bridgehead atoms. The predicted octanol–water partition coefficient (Wildman–Crippen LogP) is 1.79. The van der Waals surface area contributed by atoms with Gasteiger partial charge in [0.25, 0.3) is 5.82 Å². The third-order valence-electron chi connectivity index (χ3n) is 2.73. The molecule has 2 rings (SSSR count). The Bertz CT molecular complexity index is 441. The van der Waals surface area contributed by atoms with Gasteiger partial charge in [-0.05, 0) is 19.1 Å². The van der Waals surface area contributed by atoms with E-state index in [4.69, 9.17) is 0 Å². The smallest absolute Gasteiger partial charge is 0.230 e. The molecule has 68 valence electrons. The summed E-state index contributed by atoms with van der Waals surface area (Å²) < 4.78 is 4.56. The van der Waals surface area contributed by atoms with Crippen LogP contribution in [0.3, 0.4) is 0 Å². The summed E-state index contributed by atoms with van der Waals surface area (Å²) in [5.74, 6) is 1.31. The molecule has 1 aromatic carbocycles. The van der Waals surface area contributed by atoms with E-state index >= 15 is 0 Å². The summed E-state index contributed by atoms with van der Waals surface area (Å²) in [6, 6.07) is 8.51. The molecule has 13 heavy (non-hydrogen) atoms. The molecule has 0 saturated heterocycles. The number of benzene rings is 1. The highest BCUT2D eigenvalue weighted by molar-refractivity contribution is 5.72. The molecule has 1 heterocycles. The zero-order chi connectivity index (χ0) is 9.42. The number of aryl methyl sites for hydroxylation is 2.